The summed E-state index contributed by atoms with van der Waals surface area (Å²) in [5, 5.41) is 1.06. The van der Waals surface area contributed by atoms with Crippen molar-refractivity contribution in [3.63, 3.8) is 0 Å². The van der Waals surface area contributed by atoms with Crippen LogP contribution < -0.4 is 5.63 Å². The van der Waals surface area contributed by atoms with Crippen molar-refractivity contribution < 1.29 is 9.15 Å². The molecule has 2 aromatic rings. The third-order valence-corrected chi connectivity index (χ3v) is 5.04. The van der Waals surface area contributed by atoms with Gasteiger partial charge >= 0.3 is 5.63 Å². The number of hydrogen-bond donors (Lipinski definition) is 0. The van der Waals surface area contributed by atoms with Crippen molar-refractivity contribution in [3.05, 3.63) is 45.3 Å². The molecule has 1 aliphatic rings. The molecule has 25 heavy (non-hydrogen) atoms. The van der Waals surface area contributed by atoms with Gasteiger partial charge in [0, 0.05) is 37.7 Å². The monoisotopic (exact) mass is 343 g/mol. The van der Waals surface area contributed by atoms with Gasteiger partial charge in [-0.3, -0.25) is 4.90 Å². The predicted octanol–water partition coefficient (Wildman–Crippen LogP) is 4.05. The Kier molecular flexibility index (Phi) is 5.60. The average Bonchev–Trinajstić information content (AvgIpc) is 2.56. The lowest BCUT2D eigenvalue weighted by Gasteiger charge is -2.32. The lowest BCUT2D eigenvalue weighted by atomic mass is 10.0. The van der Waals surface area contributed by atoms with Gasteiger partial charge in [-0.25, -0.2) is 4.79 Å². The fourth-order valence-corrected chi connectivity index (χ4v) is 3.42. The van der Waals surface area contributed by atoms with Crippen LogP contribution in [0, 0.1) is 19.8 Å². The first-order valence-corrected chi connectivity index (χ1v) is 9.30. The van der Waals surface area contributed by atoms with Gasteiger partial charge in [-0.15, -0.1) is 0 Å². The van der Waals surface area contributed by atoms with Crippen molar-refractivity contribution in [2.24, 2.45) is 5.92 Å². The molecular formula is C21H29NO3. The Morgan fingerprint density at radius 1 is 1.16 bits per heavy atom. The van der Waals surface area contributed by atoms with E-state index in [0.29, 0.717) is 17.6 Å². The SMILES string of the molecule is Cc1cc2oc(=O)cc(CN3CCC(OCC(C)C)CC3)c2cc1C. The fourth-order valence-electron chi connectivity index (χ4n) is 3.42. The van der Waals surface area contributed by atoms with E-state index in [1.54, 1.807) is 6.07 Å². The van der Waals surface area contributed by atoms with Crippen LogP contribution in [0.5, 0.6) is 0 Å². The van der Waals surface area contributed by atoms with Gasteiger partial charge in [-0.05, 0) is 61.4 Å². The highest BCUT2D eigenvalue weighted by Gasteiger charge is 2.21. The van der Waals surface area contributed by atoms with Crippen LogP contribution in [0.1, 0.15) is 43.4 Å². The van der Waals surface area contributed by atoms with E-state index in [1.807, 2.05) is 13.0 Å². The molecular weight excluding hydrogens is 314 g/mol. The number of nitrogens with zero attached hydrogens (tertiary/aromatic N) is 1. The van der Waals surface area contributed by atoms with Crippen molar-refractivity contribution in [2.75, 3.05) is 19.7 Å². The fraction of sp³-hybridized carbons (Fsp3) is 0.571. The molecule has 4 heteroatoms. The van der Waals surface area contributed by atoms with Gasteiger partial charge in [0.15, 0.2) is 0 Å². The van der Waals surface area contributed by atoms with Crippen LogP contribution in [-0.2, 0) is 11.3 Å². The summed E-state index contributed by atoms with van der Waals surface area (Å²) in [6.07, 6.45) is 2.50. The Hall–Kier alpha value is -1.65. The van der Waals surface area contributed by atoms with Crippen LogP contribution in [0.15, 0.2) is 27.4 Å². The molecule has 4 nitrogen and oxygen atoms in total. The molecule has 0 amide bonds. The first-order chi connectivity index (χ1) is 11.9. The number of rotatable bonds is 5. The van der Waals surface area contributed by atoms with E-state index >= 15 is 0 Å². The highest BCUT2D eigenvalue weighted by Crippen LogP contribution is 2.24. The molecule has 0 aliphatic carbocycles. The first kappa shape index (κ1) is 18.2. The van der Waals surface area contributed by atoms with Crippen LogP contribution in [0.2, 0.25) is 0 Å². The Balaban J connectivity index is 1.71. The minimum Gasteiger partial charge on any atom is -0.423 e. The highest BCUT2D eigenvalue weighted by atomic mass is 16.5. The van der Waals surface area contributed by atoms with Crippen molar-refractivity contribution in [1.82, 2.24) is 4.90 Å². The Morgan fingerprint density at radius 2 is 1.84 bits per heavy atom. The molecule has 1 aromatic heterocycles. The summed E-state index contributed by atoms with van der Waals surface area (Å²) < 4.78 is 11.4. The molecule has 0 atom stereocenters. The minimum atomic E-state index is -0.263. The van der Waals surface area contributed by atoms with Gasteiger partial charge in [0.25, 0.3) is 0 Å². The summed E-state index contributed by atoms with van der Waals surface area (Å²) >= 11 is 0. The van der Waals surface area contributed by atoms with Crippen LogP contribution in [0.25, 0.3) is 11.0 Å². The van der Waals surface area contributed by atoms with E-state index in [4.69, 9.17) is 9.15 Å². The zero-order valence-corrected chi connectivity index (χ0v) is 15.8. The Labute approximate surface area is 149 Å². The highest BCUT2D eigenvalue weighted by molar-refractivity contribution is 5.81. The number of benzene rings is 1. The summed E-state index contributed by atoms with van der Waals surface area (Å²) in [4.78, 5) is 14.4. The van der Waals surface area contributed by atoms with Crippen LogP contribution >= 0.6 is 0 Å². The molecule has 0 unspecified atom stereocenters. The maximum atomic E-state index is 11.9. The zero-order valence-electron chi connectivity index (χ0n) is 15.8. The van der Waals surface area contributed by atoms with E-state index in [1.165, 1.54) is 5.56 Å². The average molecular weight is 343 g/mol. The van der Waals surface area contributed by atoms with E-state index < -0.39 is 0 Å². The molecule has 0 saturated carbocycles. The quantitative estimate of drug-likeness (QED) is 0.768. The lowest BCUT2D eigenvalue weighted by molar-refractivity contribution is -0.00579. The summed E-state index contributed by atoms with van der Waals surface area (Å²) in [6.45, 7) is 12.2. The molecule has 2 heterocycles. The second-order valence-corrected chi connectivity index (χ2v) is 7.73. The Bertz CT molecular complexity index is 786. The Morgan fingerprint density at radius 3 is 2.52 bits per heavy atom. The number of aryl methyl sites for hydroxylation is 2. The minimum absolute atomic E-state index is 0.263. The third-order valence-electron chi connectivity index (χ3n) is 5.04. The van der Waals surface area contributed by atoms with Gasteiger partial charge < -0.3 is 9.15 Å². The third kappa shape index (κ3) is 4.50. The zero-order chi connectivity index (χ0) is 18.0. The number of hydrogen-bond acceptors (Lipinski definition) is 4. The largest absolute Gasteiger partial charge is 0.423 e. The van der Waals surface area contributed by atoms with E-state index in [2.05, 4.69) is 31.7 Å². The van der Waals surface area contributed by atoms with E-state index in [0.717, 1.165) is 55.6 Å². The second kappa shape index (κ2) is 7.71. The standard InChI is InChI=1S/C21H29NO3/c1-14(2)13-24-18-5-7-22(8-6-18)12-17-11-21(23)25-20-10-16(4)15(3)9-19(17)20/h9-11,14,18H,5-8,12-13H2,1-4H3. The number of piperidine rings is 1. The molecule has 3 rings (SSSR count). The number of fused-ring (bicyclic) bond motifs is 1. The molecule has 1 saturated heterocycles. The van der Waals surface area contributed by atoms with Crippen molar-refractivity contribution in [2.45, 2.75) is 53.2 Å². The normalized spacial score (nSPS) is 16.8. The maximum Gasteiger partial charge on any atom is 0.336 e. The molecule has 0 bridgehead atoms. The summed E-state index contributed by atoms with van der Waals surface area (Å²) in [6, 6.07) is 5.77. The number of ether oxygens (including phenoxy) is 1. The smallest absolute Gasteiger partial charge is 0.336 e. The number of likely N-dealkylation sites (tertiary alicyclic amines) is 1. The molecule has 0 spiro atoms. The predicted molar refractivity (Wildman–Crippen MR) is 101 cm³/mol. The van der Waals surface area contributed by atoms with Gasteiger partial charge in [-0.1, -0.05) is 13.8 Å². The van der Waals surface area contributed by atoms with Gasteiger partial charge in [0.1, 0.15) is 5.58 Å². The first-order valence-electron chi connectivity index (χ1n) is 9.30. The molecule has 1 fully saturated rings. The molecule has 1 aliphatic heterocycles. The summed E-state index contributed by atoms with van der Waals surface area (Å²) in [7, 11) is 0. The van der Waals surface area contributed by atoms with E-state index in [-0.39, 0.29) is 5.63 Å². The van der Waals surface area contributed by atoms with Crippen LogP contribution in [0.4, 0.5) is 0 Å². The topological polar surface area (TPSA) is 42.7 Å². The van der Waals surface area contributed by atoms with Crippen molar-refractivity contribution in [1.29, 1.82) is 0 Å². The second-order valence-electron chi connectivity index (χ2n) is 7.73. The molecule has 136 valence electrons. The molecule has 1 aromatic carbocycles. The molecule has 0 radical (unpaired) electrons. The van der Waals surface area contributed by atoms with Gasteiger partial charge in [-0.2, -0.15) is 0 Å². The summed E-state index contributed by atoms with van der Waals surface area (Å²) in [5.41, 5.74) is 3.87. The van der Waals surface area contributed by atoms with Crippen molar-refractivity contribution in [3.8, 4) is 0 Å². The van der Waals surface area contributed by atoms with Crippen LogP contribution in [-0.4, -0.2) is 30.7 Å². The summed E-state index contributed by atoms with van der Waals surface area (Å²) in [5.74, 6) is 0.583. The van der Waals surface area contributed by atoms with Crippen LogP contribution in [0.3, 0.4) is 0 Å². The van der Waals surface area contributed by atoms with E-state index in [9.17, 15) is 4.79 Å². The van der Waals surface area contributed by atoms with Crippen molar-refractivity contribution >= 4 is 11.0 Å². The molecule has 0 N–H and O–H groups in total. The lowest BCUT2D eigenvalue weighted by Crippen LogP contribution is -2.37. The maximum absolute atomic E-state index is 11.9. The van der Waals surface area contributed by atoms with Gasteiger partial charge in [0.05, 0.1) is 6.10 Å². The van der Waals surface area contributed by atoms with Gasteiger partial charge in [0.2, 0.25) is 0 Å².